The minimum absolute atomic E-state index is 0.104. The lowest BCUT2D eigenvalue weighted by molar-refractivity contribution is -0.297. The molecule has 3 aromatic rings. The Hall–Kier alpha value is -3.31. The van der Waals surface area contributed by atoms with Crippen LogP contribution in [0.4, 0.5) is 22.0 Å². The number of carboxylic acid groups (broad SMARTS) is 1. The number of aromatic nitrogens is 1. The number of pyridine rings is 1. The molecule has 3 rings (SSSR count). The van der Waals surface area contributed by atoms with Crippen LogP contribution in [0.25, 0.3) is 6.08 Å². The van der Waals surface area contributed by atoms with E-state index < -0.39 is 54.9 Å². The van der Waals surface area contributed by atoms with E-state index in [9.17, 15) is 40.3 Å². The predicted octanol–water partition coefficient (Wildman–Crippen LogP) is 4.36. The molecule has 0 spiro atoms. The number of carboxylic acids is 1. The lowest BCUT2D eigenvalue weighted by Gasteiger charge is -2.21. The van der Waals surface area contributed by atoms with E-state index in [0.29, 0.717) is 42.5 Å². The standard InChI is InChI=1S/C22H13ClF5NO4S/c23-18-11-29-14(4-8-20(30)31)10-16(18)21(17-9-13(24)3-7-19(17)25)34(32,33)15-5-1-12(2-6-15)22(26,27)28/h1-11,21H,(H,30,31)/p-1/b8-4+. The number of aliphatic carboxylic acids is 1. The highest BCUT2D eigenvalue weighted by Gasteiger charge is 2.36. The first-order chi connectivity index (χ1) is 15.8. The number of benzene rings is 2. The van der Waals surface area contributed by atoms with Crippen LogP contribution in [0.3, 0.4) is 0 Å². The molecule has 1 heterocycles. The first kappa shape index (κ1) is 25.3. The Balaban J connectivity index is 2.27. The predicted molar refractivity (Wildman–Crippen MR) is 110 cm³/mol. The molecule has 0 radical (unpaired) electrons. The van der Waals surface area contributed by atoms with Crippen LogP contribution in [0.2, 0.25) is 5.02 Å². The summed E-state index contributed by atoms with van der Waals surface area (Å²) in [6, 6.07) is 5.55. The zero-order valence-electron chi connectivity index (χ0n) is 16.7. The van der Waals surface area contributed by atoms with Gasteiger partial charge in [-0.1, -0.05) is 11.6 Å². The average molecular weight is 517 g/mol. The highest BCUT2D eigenvalue weighted by Crippen LogP contribution is 2.40. The minimum atomic E-state index is -4.73. The molecule has 12 heteroatoms. The summed E-state index contributed by atoms with van der Waals surface area (Å²) in [7, 11) is -4.72. The SMILES string of the molecule is O=C([O-])/C=C/c1cc(C(c2cc(F)ccc2F)S(=O)(=O)c2ccc(C(F)(F)F)cc2)c(Cl)cn1. The van der Waals surface area contributed by atoms with Crippen molar-refractivity contribution in [3.63, 3.8) is 0 Å². The summed E-state index contributed by atoms with van der Waals surface area (Å²) >= 11 is 6.13. The maximum absolute atomic E-state index is 14.7. The molecule has 0 fully saturated rings. The summed E-state index contributed by atoms with van der Waals surface area (Å²) < 4.78 is 94.5. The van der Waals surface area contributed by atoms with E-state index in [-0.39, 0.29) is 16.3 Å². The Kier molecular flexibility index (Phi) is 7.08. The monoisotopic (exact) mass is 516 g/mol. The second-order valence-corrected chi connectivity index (χ2v) is 9.34. The Labute approximate surface area is 195 Å². The molecular weight excluding hydrogens is 505 g/mol. The van der Waals surface area contributed by atoms with Gasteiger partial charge in [0.2, 0.25) is 0 Å². The molecule has 5 nitrogen and oxygen atoms in total. The van der Waals surface area contributed by atoms with E-state index in [2.05, 4.69) is 4.98 Å². The van der Waals surface area contributed by atoms with Crippen LogP contribution in [0, 0.1) is 11.6 Å². The second-order valence-electron chi connectivity index (χ2n) is 6.90. The van der Waals surface area contributed by atoms with Gasteiger partial charge in [0.1, 0.15) is 16.9 Å². The molecular formula is C22H12ClF5NO4S-. The Morgan fingerprint density at radius 3 is 2.26 bits per heavy atom. The van der Waals surface area contributed by atoms with Crippen molar-refractivity contribution in [2.24, 2.45) is 0 Å². The molecule has 1 atom stereocenters. The van der Waals surface area contributed by atoms with Crippen molar-refractivity contribution >= 4 is 33.5 Å². The van der Waals surface area contributed by atoms with Crippen LogP contribution in [0.1, 0.15) is 27.6 Å². The van der Waals surface area contributed by atoms with Gasteiger partial charge in [-0.25, -0.2) is 17.2 Å². The van der Waals surface area contributed by atoms with Crippen molar-refractivity contribution in [3.05, 3.63) is 99.8 Å². The van der Waals surface area contributed by atoms with Crippen molar-refractivity contribution in [2.75, 3.05) is 0 Å². The van der Waals surface area contributed by atoms with Crippen molar-refractivity contribution < 1.29 is 40.3 Å². The Bertz CT molecular complexity index is 1370. The van der Waals surface area contributed by atoms with E-state index in [4.69, 9.17) is 11.6 Å². The maximum atomic E-state index is 14.7. The van der Waals surface area contributed by atoms with Crippen molar-refractivity contribution in [1.29, 1.82) is 0 Å². The maximum Gasteiger partial charge on any atom is 0.416 e. The number of hydrogen-bond acceptors (Lipinski definition) is 5. The first-order valence-electron chi connectivity index (χ1n) is 9.21. The van der Waals surface area contributed by atoms with Crippen LogP contribution in [-0.2, 0) is 20.8 Å². The molecule has 34 heavy (non-hydrogen) atoms. The molecule has 1 aromatic heterocycles. The number of alkyl halides is 3. The normalized spacial score (nSPS) is 13.2. The molecule has 0 amide bonds. The van der Waals surface area contributed by atoms with E-state index >= 15 is 0 Å². The molecule has 0 aliphatic carbocycles. The zero-order valence-corrected chi connectivity index (χ0v) is 18.3. The summed E-state index contributed by atoms with van der Waals surface area (Å²) in [5, 5.41) is 8.38. The van der Waals surface area contributed by atoms with Gasteiger partial charge in [-0.15, -0.1) is 0 Å². The Morgan fingerprint density at radius 1 is 1.03 bits per heavy atom. The molecule has 0 N–H and O–H groups in total. The lowest BCUT2D eigenvalue weighted by Crippen LogP contribution is -2.19. The highest BCUT2D eigenvalue weighted by molar-refractivity contribution is 7.92. The van der Waals surface area contributed by atoms with Gasteiger partial charge in [0.25, 0.3) is 0 Å². The Morgan fingerprint density at radius 2 is 1.68 bits per heavy atom. The van der Waals surface area contributed by atoms with Crippen LogP contribution in [-0.4, -0.2) is 19.4 Å². The van der Waals surface area contributed by atoms with E-state index in [1.165, 1.54) is 0 Å². The van der Waals surface area contributed by atoms with Gasteiger partial charge >= 0.3 is 6.18 Å². The van der Waals surface area contributed by atoms with Crippen LogP contribution >= 0.6 is 11.6 Å². The van der Waals surface area contributed by atoms with E-state index in [1.807, 2.05) is 0 Å². The number of rotatable bonds is 6. The topological polar surface area (TPSA) is 87.2 Å². The fraction of sp³-hybridized carbons (Fsp3) is 0.0909. The second kappa shape index (κ2) is 9.51. The van der Waals surface area contributed by atoms with Crippen molar-refractivity contribution in [2.45, 2.75) is 16.3 Å². The van der Waals surface area contributed by atoms with Crippen LogP contribution < -0.4 is 5.11 Å². The summed E-state index contributed by atoms with van der Waals surface area (Å²) in [5.74, 6) is -3.68. The first-order valence-corrected chi connectivity index (χ1v) is 11.1. The van der Waals surface area contributed by atoms with Gasteiger partial charge in [0.05, 0.1) is 27.1 Å². The summed E-state index contributed by atoms with van der Waals surface area (Å²) in [5.41, 5.74) is -2.19. The molecule has 0 aliphatic rings. The van der Waals surface area contributed by atoms with Crippen molar-refractivity contribution in [1.82, 2.24) is 4.98 Å². The molecule has 1 unspecified atom stereocenters. The fourth-order valence-corrected chi connectivity index (χ4v) is 5.21. The largest absolute Gasteiger partial charge is 0.545 e. The molecule has 0 bridgehead atoms. The fourth-order valence-electron chi connectivity index (χ4n) is 3.10. The number of nitrogens with zero attached hydrogens (tertiary/aromatic N) is 1. The highest BCUT2D eigenvalue weighted by atomic mass is 35.5. The van der Waals surface area contributed by atoms with Gasteiger partial charge in [-0.2, -0.15) is 13.2 Å². The summed E-state index contributed by atoms with van der Waals surface area (Å²) in [6.45, 7) is 0. The van der Waals surface area contributed by atoms with Gasteiger partial charge in [0, 0.05) is 11.8 Å². The van der Waals surface area contributed by atoms with Crippen LogP contribution in [0.5, 0.6) is 0 Å². The van der Waals surface area contributed by atoms with Gasteiger partial charge < -0.3 is 9.90 Å². The third-order valence-corrected chi connectivity index (χ3v) is 7.01. The van der Waals surface area contributed by atoms with Gasteiger partial charge in [0.15, 0.2) is 9.84 Å². The summed E-state index contributed by atoms with van der Waals surface area (Å²) in [6.07, 6.45) is -2.20. The number of halogens is 6. The number of sulfone groups is 1. The van der Waals surface area contributed by atoms with Crippen molar-refractivity contribution in [3.8, 4) is 0 Å². The molecule has 2 aromatic carbocycles. The van der Waals surface area contributed by atoms with Crippen LogP contribution in [0.15, 0.2) is 65.7 Å². The quantitative estimate of drug-likeness (QED) is 0.359. The summed E-state index contributed by atoms with van der Waals surface area (Å²) in [4.78, 5) is 13.9. The zero-order chi connectivity index (χ0) is 25.3. The molecule has 0 saturated carbocycles. The third kappa shape index (κ3) is 5.42. The minimum Gasteiger partial charge on any atom is -0.545 e. The number of carbonyl (C=O) groups is 1. The van der Waals surface area contributed by atoms with E-state index in [0.717, 1.165) is 24.4 Å². The van der Waals surface area contributed by atoms with E-state index in [1.54, 1.807) is 0 Å². The van der Waals surface area contributed by atoms with Gasteiger partial charge in [-0.05, 0) is 66.2 Å². The number of carbonyl (C=O) groups excluding carboxylic acids is 1. The third-order valence-electron chi connectivity index (χ3n) is 4.64. The number of hydrogen-bond donors (Lipinski definition) is 0. The molecule has 0 aliphatic heterocycles. The smallest absolute Gasteiger partial charge is 0.416 e. The molecule has 178 valence electrons. The average Bonchev–Trinajstić information content (AvgIpc) is 2.76. The van der Waals surface area contributed by atoms with Gasteiger partial charge in [-0.3, -0.25) is 4.98 Å². The molecule has 0 saturated heterocycles. The lowest BCUT2D eigenvalue weighted by atomic mass is 10.0.